The standard InChI is InChI=1S/C14H14FN3O/c1-3-11-6-12(18(2)17-11)9-19-13-5-4-10(8-16)14(15)7-13/h4-7H,3,9H2,1-2H3. The summed E-state index contributed by atoms with van der Waals surface area (Å²) in [4.78, 5) is 0. The molecule has 0 fully saturated rings. The van der Waals surface area contributed by atoms with E-state index in [1.165, 1.54) is 12.1 Å². The summed E-state index contributed by atoms with van der Waals surface area (Å²) < 4.78 is 20.6. The molecule has 5 heteroatoms. The van der Waals surface area contributed by atoms with E-state index in [-0.39, 0.29) is 5.56 Å². The van der Waals surface area contributed by atoms with Crippen molar-refractivity contribution in [3.05, 3.63) is 47.0 Å². The Hall–Kier alpha value is -2.35. The highest BCUT2D eigenvalue weighted by molar-refractivity contribution is 5.36. The zero-order valence-electron chi connectivity index (χ0n) is 10.9. The Kier molecular flexibility index (Phi) is 3.81. The Balaban J connectivity index is 2.08. The normalized spacial score (nSPS) is 10.2. The van der Waals surface area contributed by atoms with Gasteiger partial charge in [0.2, 0.25) is 0 Å². The predicted octanol–water partition coefficient (Wildman–Crippen LogP) is 2.57. The van der Waals surface area contributed by atoms with Crippen LogP contribution in [0, 0.1) is 17.1 Å². The molecule has 98 valence electrons. The molecule has 0 amide bonds. The van der Waals surface area contributed by atoms with Crippen LogP contribution in [0.3, 0.4) is 0 Å². The number of nitriles is 1. The summed E-state index contributed by atoms with van der Waals surface area (Å²) >= 11 is 0. The van der Waals surface area contributed by atoms with Crippen molar-refractivity contribution < 1.29 is 9.13 Å². The molecule has 1 heterocycles. The second kappa shape index (κ2) is 5.53. The summed E-state index contributed by atoms with van der Waals surface area (Å²) in [5.74, 6) is -0.171. The largest absolute Gasteiger partial charge is 0.487 e. The van der Waals surface area contributed by atoms with E-state index in [1.54, 1.807) is 16.8 Å². The molecule has 0 aliphatic carbocycles. The van der Waals surface area contributed by atoms with Gasteiger partial charge in [-0.2, -0.15) is 10.4 Å². The van der Waals surface area contributed by atoms with Crippen molar-refractivity contribution in [2.24, 2.45) is 7.05 Å². The van der Waals surface area contributed by atoms with Gasteiger partial charge in [0, 0.05) is 13.1 Å². The minimum absolute atomic E-state index is 0.0150. The Morgan fingerprint density at radius 1 is 1.42 bits per heavy atom. The van der Waals surface area contributed by atoms with Gasteiger partial charge in [0.05, 0.1) is 17.0 Å². The minimum atomic E-state index is -0.570. The van der Waals surface area contributed by atoms with E-state index in [0.29, 0.717) is 12.4 Å². The Morgan fingerprint density at radius 2 is 2.21 bits per heavy atom. The smallest absolute Gasteiger partial charge is 0.144 e. The maximum atomic E-state index is 13.4. The summed E-state index contributed by atoms with van der Waals surface area (Å²) in [6.07, 6.45) is 0.860. The molecule has 0 aliphatic heterocycles. The Morgan fingerprint density at radius 3 is 2.79 bits per heavy atom. The van der Waals surface area contributed by atoms with Gasteiger partial charge in [0.25, 0.3) is 0 Å². The summed E-state index contributed by atoms with van der Waals surface area (Å²) in [7, 11) is 1.84. The molecule has 0 saturated heterocycles. The third-order valence-electron chi connectivity index (χ3n) is 2.84. The van der Waals surface area contributed by atoms with Crippen molar-refractivity contribution in [2.75, 3.05) is 0 Å². The van der Waals surface area contributed by atoms with Crippen LogP contribution in [0.15, 0.2) is 24.3 Å². The van der Waals surface area contributed by atoms with Crippen LogP contribution < -0.4 is 4.74 Å². The van der Waals surface area contributed by atoms with Gasteiger partial charge in [-0.3, -0.25) is 4.68 Å². The fourth-order valence-electron chi connectivity index (χ4n) is 1.71. The predicted molar refractivity (Wildman–Crippen MR) is 68.0 cm³/mol. The summed E-state index contributed by atoms with van der Waals surface area (Å²) in [5.41, 5.74) is 1.93. The maximum absolute atomic E-state index is 13.4. The number of benzene rings is 1. The number of rotatable bonds is 4. The molecule has 1 aromatic carbocycles. The molecule has 0 saturated carbocycles. The van der Waals surface area contributed by atoms with Crippen molar-refractivity contribution in [1.29, 1.82) is 5.26 Å². The average Bonchev–Trinajstić information content (AvgIpc) is 2.77. The van der Waals surface area contributed by atoms with Gasteiger partial charge < -0.3 is 4.74 Å². The lowest BCUT2D eigenvalue weighted by Crippen LogP contribution is -2.03. The Bertz CT molecular complexity index is 628. The molecule has 0 bridgehead atoms. The molecule has 0 radical (unpaired) electrons. The van der Waals surface area contributed by atoms with E-state index in [2.05, 4.69) is 5.10 Å². The highest BCUT2D eigenvalue weighted by Crippen LogP contribution is 2.17. The number of hydrogen-bond acceptors (Lipinski definition) is 3. The van der Waals surface area contributed by atoms with Gasteiger partial charge in [-0.25, -0.2) is 4.39 Å². The van der Waals surface area contributed by atoms with Crippen LogP contribution in [0.5, 0.6) is 5.75 Å². The average molecular weight is 259 g/mol. The first-order chi connectivity index (χ1) is 9.13. The van der Waals surface area contributed by atoms with E-state index in [0.717, 1.165) is 17.8 Å². The fourth-order valence-corrected chi connectivity index (χ4v) is 1.71. The first kappa shape index (κ1) is 13.1. The fraction of sp³-hybridized carbons (Fsp3) is 0.286. The lowest BCUT2D eigenvalue weighted by molar-refractivity contribution is 0.293. The zero-order chi connectivity index (χ0) is 13.8. The molecule has 0 atom stereocenters. The van der Waals surface area contributed by atoms with Crippen molar-refractivity contribution in [3.63, 3.8) is 0 Å². The van der Waals surface area contributed by atoms with Gasteiger partial charge in [0.1, 0.15) is 24.2 Å². The molecule has 0 spiro atoms. The van der Waals surface area contributed by atoms with E-state index in [9.17, 15) is 4.39 Å². The van der Waals surface area contributed by atoms with Gasteiger partial charge in [-0.15, -0.1) is 0 Å². The quantitative estimate of drug-likeness (QED) is 0.848. The lowest BCUT2D eigenvalue weighted by atomic mass is 10.2. The molecule has 2 rings (SSSR count). The van der Waals surface area contributed by atoms with E-state index in [1.807, 2.05) is 20.0 Å². The summed E-state index contributed by atoms with van der Waals surface area (Å²) in [5, 5.41) is 12.9. The molecular formula is C14H14FN3O. The van der Waals surface area contributed by atoms with Gasteiger partial charge >= 0.3 is 0 Å². The third-order valence-corrected chi connectivity index (χ3v) is 2.84. The topological polar surface area (TPSA) is 50.8 Å². The first-order valence-corrected chi connectivity index (χ1v) is 5.98. The van der Waals surface area contributed by atoms with Gasteiger partial charge in [0.15, 0.2) is 0 Å². The highest BCUT2D eigenvalue weighted by atomic mass is 19.1. The van der Waals surface area contributed by atoms with Crippen LogP contribution in [0.2, 0.25) is 0 Å². The summed E-state index contributed by atoms with van der Waals surface area (Å²) in [6, 6.07) is 7.94. The molecule has 0 aliphatic rings. The van der Waals surface area contributed by atoms with Crippen LogP contribution in [-0.4, -0.2) is 9.78 Å². The monoisotopic (exact) mass is 259 g/mol. The van der Waals surface area contributed by atoms with Crippen molar-refractivity contribution in [1.82, 2.24) is 9.78 Å². The second-order valence-corrected chi connectivity index (χ2v) is 4.15. The SMILES string of the molecule is CCc1cc(COc2ccc(C#N)c(F)c2)n(C)n1. The van der Waals surface area contributed by atoms with Crippen molar-refractivity contribution in [3.8, 4) is 11.8 Å². The molecule has 19 heavy (non-hydrogen) atoms. The van der Waals surface area contributed by atoms with Crippen LogP contribution >= 0.6 is 0 Å². The lowest BCUT2D eigenvalue weighted by Gasteiger charge is -2.06. The van der Waals surface area contributed by atoms with E-state index < -0.39 is 5.82 Å². The minimum Gasteiger partial charge on any atom is -0.487 e. The molecular weight excluding hydrogens is 245 g/mol. The van der Waals surface area contributed by atoms with Crippen molar-refractivity contribution in [2.45, 2.75) is 20.0 Å². The van der Waals surface area contributed by atoms with E-state index in [4.69, 9.17) is 10.00 Å². The van der Waals surface area contributed by atoms with Gasteiger partial charge in [-0.1, -0.05) is 6.92 Å². The molecule has 2 aromatic rings. The van der Waals surface area contributed by atoms with E-state index >= 15 is 0 Å². The number of ether oxygens (including phenoxy) is 1. The second-order valence-electron chi connectivity index (χ2n) is 4.15. The van der Waals surface area contributed by atoms with Gasteiger partial charge in [-0.05, 0) is 24.6 Å². The van der Waals surface area contributed by atoms with Crippen LogP contribution in [0.4, 0.5) is 4.39 Å². The number of aromatic nitrogens is 2. The van der Waals surface area contributed by atoms with Crippen molar-refractivity contribution >= 4 is 0 Å². The molecule has 4 nitrogen and oxygen atoms in total. The molecule has 0 unspecified atom stereocenters. The van der Waals surface area contributed by atoms with Crippen LogP contribution in [0.25, 0.3) is 0 Å². The highest BCUT2D eigenvalue weighted by Gasteiger charge is 2.07. The number of nitrogens with zero attached hydrogens (tertiary/aromatic N) is 3. The zero-order valence-corrected chi connectivity index (χ0v) is 10.9. The number of halogens is 1. The van der Waals surface area contributed by atoms with Crippen LogP contribution in [-0.2, 0) is 20.1 Å². The Labute approximate surface area is 111 Å². The third kappa shape index (κ3) is 2.91. The molecule has 1 aromatic heterocycles. The first-order valence-electron chi connectivity index (χ1n) is 5.98. The maximum Gasteiger partial charge on any atom is 0.144 e. The van der Waals surface area contributed by atoms with Crippen LogP contribution in [0.1, 0.15) is 23.9 Å². The number of hydrogen-bond donors (Lipinski definition) is 0. The number of aryl methyl sites for hydroxylation is 2. The molecule has 0 N–H and O–H groups in total. The summed E-state index contributed by atoms with van der Waals surface area (Å²) in [6.45, 7) is 2.35.